The molecule has 0 amide bonds. The van der Waals surface area contributed by atoms with Gasteiger partial charge in [-0.05, 0) is 39.1 Å². The van der Waals surface area contributed by atoms with Gasteiger partial charge >= 0.3 is 0 Å². The highest BCUT2D eigenvalue weighted by atomic mass is 15.0. The van der Waals surface area contributed by atoms with E-state index in [0.29, 0.717) is 11.6 Å². The first-order chi connectivity index (χ1) is 16.8. The lowest BCUT2D eigenvalue weighted by Gasteiger charge is -2.07. The Kier molecular flexibility index (Phi) is 5.13. The predicted molar refractivity (Wildman–Crippen MR) is 139 cm³/mol. The molecule has 3 heteroatoms. The van der Waals surface area contributed by atoms with Crippen LogP contribution in [0.2, 0.25) is 0 Å². The Balaban J connectivity index is 1.27. The van der Waals surface area contributed by atoms with E-state index < -0.39 is 0 Å². The summed E-state index contributed by atoms with van der Waals surface area (Å²) in [7, 11) is 0. The Bertz CT molecular complexity index is 1570. The van der Waals surface area contributed by atoms with Gasteiger partial charge in [0.25, 0.3) is 0 Å². The summed E-state index contributed by atoms with van der Waals surface area (Å²) in [6.07, 6.45) is 1.59. The Morgan fingerprint density at radius 2 is 0.824 bits per heavy atom. The van der Waals surface area contributed by atoms with Gasteiger partial charge in [-0.1, -0.05) is 115 Å². The number of hydrogen-bond acceptors (Lipinski definition) is 3. The van der Waals surface area contributed by atoms with E-state index in [-0.39, 0.29) is 0 Å². The average Bonchev–Trinajstić information content (AvgIpc) is 2.93. The summed E-state index contributed by atoms with van der Waals surface area (Å²) in [6, 6.07) is 42.0. The lowest BCUT2D eigenvalue weighted by molar-refractivity contribution is 1.07. The summed E-state index contributed by atoms with van der Waals surface area (Å²) < 4.78 is 0. The number of aromatic nitrogens is 3. The van der Waals surface area contributed by atoms with Crippen LogP contribution in [-0.2, 0) is 0 Å². The molecule has 1 heterocycles. The van der Waals surface area contributed by atoms with Gasteiger partial charge in [0.05, 0.1) is 0 Å². The van der Waals surface area contributed by atoms with Crippen LogP contribution in [0.5, 0.6) is 0 Å². The Morgan fingerprint density at radius 3 is 1.47 bits per heavy atom. The lowest BCUT2D eigenvalue weighted by atomic mass is 9.99. The zero-order valence-corrected chi connectivity index (χ0v) is 18.5. The summed E-state index contributed by atoms with van der Waals surface area (Å²) in [5, 5.41) is 2.37. The minimum Gasteiger partial charge on any atom is -0.217 e. The van der Waals surface area contributed by atoms with Gasteiger partial charge in [0.1, 0.15) is 6.33 Å². The van der Waals surface area contributed by atoms with Crippen molar-refractivity contribution in [2.24, 2.45) is 0 Å². The maximum absolute atomic E-state index is 4.75. The summed E-state index contributed by atoms with van der Waals surface area (Å²) in [6.45, 7) is 0. The molecule has 0 saturated heterocycles. The number of benzene rings is 5. The molecule has 0 atom stereocenters. The molecule has 0 fully saturated rings. The van der Waals surface area contributed by atoms with Gasteiger partial charge in [-0.3, -0.25) is 0 Å². The van der Waals surface area contributed by atoms with Crippen molar-refractivity contribution >= 4 is 10.8 Å². The van der Waals surface area contributed by atoms with Crippen molar-refractivity contribution in [3.05, 3.63) is 128 Å². The lowest BCUT2D eigenvalue weighted by Crippen LogP contribution is -1.95. The molecule has 0 N–H and O–H groups in total. The van der Waals surface area contributed by atoms with E-state index in [4.69, 9.17) is 4.98 Å². The maximum Gasteiger partial charge on any atom is 0.163 e. The molecule has 0 aliphatic rings. The van der Waals surface area contributed by atoms with Crippen LogP contribution in [0.25, 0.3) is 55.8 Å². The fourth-order valence-corrected chi connectivity index (χ4v) is 4.20. The first kappa shape index (κ1) is 20.0. The quantitative estimate of drug-likeness (QED) is 0.285. The monoisotopic (exact) mass is 435 g/mol. The molecule has 6 aromatic rings. The Labute approximate surface area is 198 Å². The standard InChI is InChI=1S/C31H21N3/c1-2-6-22(7-3-1)24-10-12-25(13-11-24)26-14-17-27(18-15-26)30-32-21-33-31(34-30)29-19-16-23-8-4-5-9-28(23)20-29/h1-21H. The van der Waals surface area contributed by atoms with Gasteiger partial charge in [0.2, 0.25) is 0 Å². The van der Waals surface area contributed by atoms with Crippen LogP contribution >= 0.6 is 0 Å². The van der Waals surface area contributed by atoms with Gasteiger partial charge < -0.3 is 0 Å². The third-order valence-electron chi connectivity index (χ3n) is 6.05. The molecule has 0 spiro atoms. The summed E-state index contributed by atoms with van der Waals surface area (Å²) in [5.41, 5.74) is 6.73. The Hall–Kier alpha value is -4.63. The minimum atomic E-state index is 0.670. The average molecular weight is 436 g/mol. The van der Waals surface area contributed by atoms with Crippen molar-refractivity contribution in [2.45, 2.75) is 0 Å². The van der Waals surface area contributed by atoms with Crippen LogP contribution < -0.4 is 0 Å². The molecule has 1 aromatic heterocycles. The van der Waals surface area contributed by atoms with Crippen LogP contribution in [0.1, 0.15) is 0 Å². The summed E-state index contributed by atoms with van der Waals surface area (Å²) in [5.74, 6) is 1.35. The van der Waals surface area contributed by atoms with Crippen molar-refractivity contribution in [2.75, 3.05) is 0 Å². The van der Waals surface area contributed by atoms with Gasteiger partial charge in [-0.15, -0.1) is 0 Å². The molecule has 6 rings (SSSR count). The van der Waals surface area contributed by atoms with E-state index in [0.717, 1.165) is 16.7 Å². The maximum atomic E-state index is 4.75. The SMILES string of the molecule is c1ccc(-c2ccc(-c3ccc(-c4ncnc(-c5ccc6ccccc6c5)n4)cc3)cc2)cc1. The molecular weight excluding hydrogens is 414 g/mol. The highest BCUT2D eigenvalue weighted by Gasteiger charge is 2.08. The highest BCUT2D eigenvalue weighted by molar-refractivity contribution is 5.86. The van der Waals surface area contributed by atoms with Crippen molar-refractivity contribution in [3.63, 3.8) is 0 Å². The summed E-state index contributed by atoms with van der Waals surface area (Å²) in [4.78, 5) is 13.6. The van der Waals surface area contributed by atoms with Crippen LogP contribution in [0.15, 0.2) is 128 Å². The highest BCUT2D eigenvalue weighted by Crippen LogP contribution is 2.27. The molecule has 0 radical (unpaired) electrons. The molecule has 3 nitrogen and oxygen atoms in total. The van der Waals surface area contributed by atoms with E-state index in [9.17, 15) is 0 Å². The largest absolute Gasteiger partial charge is 0.217 e. The van der Waals surface area contributed by atoms with Gasteiger partial charge in [-0.25, -0.2) is 15.0 Å². The number of nitrogens with zero attached hydrogens (tertiary/aromatic N) is 3. The molecule has 0 aliphatic carbocycles. The van der Waals surface area contributed by atoms with Crippen LogP contribution in [-0.4, -0.2) is 15.0 Å². The van der Waals surface area contributed by atoms with E-state index >= 15 is 0 Å². The smallest absolute Gasteiger partial charge is 0.163 e. The molecule has 0 unspecified atom stereocenters. The predicted octanol–water partition coefficient (Wildman–Crippen LogP) is 7.69. The topological polar surface area (TPSA) is 38.7 Å². The third-order valence-corrected chi connectivity index (χ3v) is 6.05. The van der Waals surface area contributed by atoms with Crippen molar-refractivity contribution in [3.8, 4) is 45.0 Å². The third kappa shape index (κ3) is 3.96. The minimum absolute atomic E-state index is 0.670. The zero-order chi connectivity index (χ0) is 22.7. The fourth-order valence-electron chi connectivity index (χ4n) is 4.20. The second-order valence-electron chi connectivity index (χ2n) is 8.22. The van der Waals surface area contributed by atoms with E-state index in [2.05, 4.69) is 113 Å². The second-order valence-corrected chi connectivity index (χ2v) is 8.22. The number of rotatable bonds is 4. The van der Waals surface area contributed by atoms with Crippen LogP contribution in [0.3, 0.4) is 0 Å². The number of hydrogen-bond donors (Lipinski definition) is 0. The van der Waals surface area contributed by atoms with E-state index in [1.54, 1.807) is 6.33 Å². The molecule has 34 heavy (non-hydrogen) atoms. The first-order valence-electron chi connectivity index (χ1n) is 11.3. The molecule has 160 valence electrons. The van der Waals surface area contributed by atoms with Crippen LogP contribution in [0.4, 0.5) is 0 Å². The van der Waals surface area contributed by atoms with Gasteiger partial charge in [0.15, 0.2) is 11.6 Å². The Morgan fingerprint density at radius 1 is 0.353 bits per heavy atom. The summed E-state index contributed by atoms with van der Waals surface area (Å²) >= 11 is 0. The van der Waals surface area contributed by atoms with Crippen molar-refractivity contribution in [1.29, 1.82) is 0 Å². The van der Waals surface area contributed by atoms with Gasteiger partial charge in [0, 0.05) is 11.1 Å². The van der Waals surface area contributed by atoms with E-state index in [1.807, 2.05) is 18.2 Å². The van der Waals surface area contributed by atoms with Crippen molar-refractivity contribution < 1.29 is 0 Å². The normalized spacial score (nSPS) is 10.9. The molecular formula is C31H21N3. The number of fused-ring (bicyclic) bond motifs is 1. The zero-order valence-electron chi connectivity index (χ0n) is 18.5. The van der Waals surface area contributed by atoms with Crippen molar-refractivity contribution in [1.82, 2.24) is 15.0 Å². The molecule has 5 aromatic carbocycles. The van der Waals surface area contributed by atoms with Gasteiger partial charge in [-0.2, -0.15) is 0 Å². The fraction of sp³-hybridized carbons (Fsp3) is 0. The molecule has 0 saturated carbocycles. The van der Waals surface area contributed by atoms with E-state index in [1.165, 1.54) is 27.5 Å². The van der Waals surface area contributed by atoms with Crippen LogP contribution in [0, 0.1) is 0 Å². The molecule has 0 aliphatic heterocycles. The second kappa shape index (κ2) is 8.72. The first-order valence-corrected chi connectivity index (χ1v) is 11.3. The molecule has 0 bridgehead atoms.